The average molecular weight is 286 g/mol. The minimum atomic E-state index is -0.251. The standard InChI is InChI=1S/C12H13BrFNO/c13-11-6-9(3-4-12(11)14)7-15-5-1-2-10(16)8-15/h3-4,6H,1-2,5,7-8H2. The fraction of sp³-hybridized carbons (Fsp3) is 0.417. The lowest BCUT2D eigenvalue weighted by molar-refractivity contribution is -0.122. The van der Waals surface area contributed by atoms with Gasteiger partial charge in [0.1, 0.15) is 11.6 Å². The van der Waals surface area contributed by atoms with Gasteiger partial charge in [0.15, 0.2) is 0 Å². The van der Waals surface area contributed by atoms with Crippen LogP contribution in [0, 0.1) is 5.82 Å². The van der Waals surface area contributed by atoms with Crippen LogP contribution in [0.1, 0.15) is 18.4 Å². The van der Waals surface area contributed by atoms with E-state index in [1.54, 1.807) is 12.1 Å². The highest BCUT2D eigenvalue weighted by Crippen LogP contribution is 2.19. The van der Waals surface area contributed by atoms with Gasteiger partial charge in [-0.15, -0.1) is 0 Å². The van der Waals surface area contributed by atoms with Crippen molar-refractivity contribution in [2.45, 2.75) is 19.4 Å². The highest BCUT2D eigenvalue weighted by molar-refractivity contribution is 9.10. The molecule has 0 aliphatic carbocycles. The van der Waals surface area contributed by atoms with Crippen LogP contribution < -0.4 is 0 Å². The van der Waals surface area contributed by atoms with Gasteiger partial charge < -0.3 is 0 Å². The number of carbonyl (C=O) groups is 1. The van der Waals surface area contributed by atoms with Crippen LogP contribution in [0.2, 0.25) is 0 Å². The number of piperidine rings is 1. The van der Waals surface area contributed by atoms with Gasteiger partial charge in [-0.05, 0) is 46.6 Å². The van der Waals surface area contributed by atoms with Crippen molar-refractivity contribution in [3.05, 3.63) is 34.1 Å². The molecule has 1 aromatic rings. The Kier molecular flexibility index (Phi) is 3.71. The summed E-state index contributed by atoms with van der Waals surface area (Å²) in [6.07, 6.45) is 1.63. The number of ketones is 1. The Morgan fingerprint density at radius 3 is 2.94 bits per heavy atom. The van der Waals surface area contributed by atoms with Gasteiger partial charge in [0, 0.05) is 13.0 Å². The van der Waals surface area contributed by atoms with E-state index in [4.69, 9.17) is 0 Å². The second kappa shape index (κ2) is 5.06. The predicted molar refractivity (Wildman–Crippen MR) is 63.6 cm³/mol. The molecule has 0 N–H and O–H groups in total. The number of Topliss-reactive ketones (excluding diaryl/α,β-unsaturated/α-hetero) is 1. The maximum absolute atomic E-state index is 13.0. The molecule has 4 heteroatoms. The van der Waals surface area contributed by atoms with Gasteiger partial charge in [0.25, 0.3) is 0 Å². The van der Waals surface area contributed by atoms with Crippen molar-refractivity contribution in [3.63, 3.8) is 0 Å². The molecular weight excluding hydrogens is 273 g/mol. The van der Waals surface area contributed by atoms with E-state index in [0.29, 0.717) is 29.8 Å². The summed E-state index contributed by atoms with van der Waals surface area (Å²) < 4.78 is 13.5. The molecule has 2 nitrogen and oxygen atoms in total. The molecule has 0 bridgehead atoms. The summed E-state index contributed by atoms with van der Waals surface area (Å²) in [7, 11) is 0. The number of likely N-dealkylation sites (tertiary alicyclic amines) is 1. The maximum atomic E-state index is 13.0. The number of carbonyl (C=O) groups excluding carboxylic acids is 1. The second-order valence-corrected chi connectivity index (χ2v) is 4.96. The maximum Gasteiger partial charge on any atom is 0.146 e. The first kappa shape index (κ1) is 11.7. The van der Waals surface area contributed by atoms with E-state index in [-0.39, 0.29) is 5.82 Å². The first-order chi connectivity index (χ1) is 7.65. The molecule has 0 spiro atoms. The topological polar surface area (TPSA) is 20.3 Å². The predicted octanol–water partition coefficient (Wildman–Crippen LogP) is 2.75. The zero-order valence-corrected chi connectivity index (χ0v) is 10.5. The number of nitrogens with zero attached hydrogens (tertiary/aromatic N) is 1. The molecular formula is C12H13BrFNO. The third-order valence-electron chi connectivity index (χ3n) is 2.72. The molecule has 1 fully saturated rings. The zero-order chi connectivity index (χ0) is 11.5. The second-order valence-electron chi connectivity index (χ2n) is 4.10. The normalized spacial score (nSPS) is 17.8. The molecule has 16 heavy (non-hydrogen) atoms. The van der Waals surface area contributed by atoms with Gasteiger partial charge in [-0.25, -0.2) is 4.39 Å². The molecule has 2 rings (SSSR count). The van der Waals surface area contributed by atoms with Crippen LogP contribution >= 0.6 is 15.9 Å². The molecule has 86 valence electrons. The largest absolute Gasteiger partial charge is 0.298 e. The van der Waals surface area contributed by atoms with E-state index in [1.165, 1.54) is 6.07 Å². The van der Waals surface area contributed by atoms with Gasteiger partial charge in [-0.2, -0.15) is 0 Å². The van der Waals surface area contributed by atoms with E-state index in [0.717, 1.165) is 18.5 Å². The lowest BCUT2D eigenvalue weighted by Crippen LogP contribution is -2.34. The molecule has 1 heterocycles. The molecule has 0 aromatic heterocycles. The fourth-order valence-corrected chi connectivity index (χ4v) is 2.36. The van der Waals surface area contributed by atoms with Crippen molar-refractivity contribution >= 4 is 21.7 Å². The van der Waals surface area contributed by atoms with Gasteiger partial charge in [0.05, 0.1) is 11.0 Å². The Morgan fingerprint density at radius 2 is 2.25 bits per heavy atom. The minimum Gasteiger partial charge on any atom is -0.298 e. The molecule has 0 radical (unpaired) electrons. The van der Waals surface area contributed by atoms with Crippen LogP contribution in [0.5, 0.6) is 0 Å². The summed E-state index contributed by atoms with van der Waals surface area (Å²) in [6.45, 7) is 2.18. The summed E-state index contributed by atoms with van der Waals surface area (Å²) in [5, 5.41) is 0. The highest BCUT2D eigenvalue weighted by atomic mass is 79.9. The SMILES string of the molecule is O=C1CCCN(Cc2ccc(F)c(Br)c2)C1. The lowest BCUT2D eigenvalue weighted by Gasteiger charge is -2.25. The Labute approximate surface area is 103 Å². The smallest absolute Gasteiger partial charge is 0.146 e. The summed E-state index contributed by atoms with van der Waals surface area (Å²) >= 11 is 3.16. The molecule has 0 saturated carbocycles. The molecule has 0 unspecified atom stereocenters. The fourth-order valence-electron chi connectivity index (χ4n) is 1.94. The van der Waals surface area contributed by atoms with E-state index in [1.807, 2.05) is 0 Å². The van der Waals surface area contributed by atoms with Gasteiger partial charge in [-0.1, -0.05) is 6.07 Å². The number of rotatable bonds is 2. The monoisotopic (exact) mass is 285 g/mol. The molecule has 1 saturated heterocycles. The van der Waals surface area contributed by atoms with Crippen LogP contribution in [0.3, 0.4) is 0 Å². The summed E-state index contributed by atoms with van der Waals surface area (Å²) in [5.74, 6) is 0.0471. The molecule has 1 aliphatic rings. The Morgan fingerprint density at radius 1 is 1.44 bits per heavy atom. The Bertz CT molecular complexity index is 408. The van der Waals surface area contributed by atoms with E-state index >= 15 is 0 Å². The average Bonchev–Trinajstić information content (AvgIpc) is 2.24. The quantitative estimate of drug-likeness (QED) is 0.833. The number of benzene rings is 1. The van der Waals surface area contributed by atoms with Crippen LogP contribution in [0.25, 0.3) is 0 Å². The van der Waals surface area contributed by atoms with Crippen molar-refractivity contribution in [1.82, 2.24) is 4.90 Å². The van der Waals surface area contributed by atoms with E-state index in [2.05, 4.69) is 20.8 Å². The van der Waals surface area contributed by atoms with Crippen molar-refractivity contribution < 1.29 is 9.18 Å². The molecule has 1 aromatic carbocycles. The van der Waals surface area contributed by atoms with Crippen molar-refractivity contribution in [2.75, 3.05) is 13.1 Å². The number of hydrogen-bond acceptors (Lipinski definition) is 2. The molecule has 0 amide bonds. The molecule has 0 atom stereocenters. The van der Waals surface area contributed by atoms with E-state index in [9.17, 15) is 9.18 Å². The summed E-state index contributed by atoms with van der Waals surface area (Å²) in [4.78, 5) is 13.4. The number of halogens is 2. The van der Waals surface area contributed by atoms with Crippen LogP contribution in [-0.4, -0.2) is 23.8 Å². The summed E-state index contributed by atoms with van der Waals surface area (Å²) in [6, 6.07) is 4.98. The van der Waals surface area contributed by atoms with Gasteiger partial charge >= 0.3 is 0 Å². The first-order valence-corrected chi connectivity index (χ1v) is 6.12. The third kappa shape index (κ3) is 2.89. The first-order valence-electron chi connectivity index (χ1n) is 5.33. The number of hydrogen-bond donors (Lipinski definition) is 0. The third-order valence-corrected chi connectivity index (χ3v) is 3.33. The Balaban J connectivity index is 2.03. The zero-order valence-electron chi connectivity index (χ0n) is 8.88. The Hall–Kier alpha value is -0.740. The van der Waals surface area contributed by atoms with Crippen molar-refractivity contribution in [2.24, 2.45) is 0 Å². The summed E-state index contributed by atoms with van der Waals surface area (Å²) in [5.41, 5.74) is 1.03. The molecule has 1 aliphatic heterocycles. The van der Waals surface area contributed by atoms with Crippen LogP contribution in [0.4, 0.5) is 4.39 Å². The highest BCUT2D eigenvalue weighted by Gasteiger charge is 2.16. The lowest BCUT2D eigenvalue weighted by atomic mass is 10.1. The minimum absolute atomic E-state index is 0.251. The van der Waals surface area contributed by atoms with Gasteiger partial charge in [0.2, 0.25) is 0 Å². The van der Waals surface area contributed by atoms with Crippen LogP contribution in [-0.2, 0) is 11.3 Å². The van der Waals surface area contributed by atoms with E-state index < -0.39 is 0 Å². The van der Waals surface area contributed by atoms with Crippen molar-refractivity contribution in [1.29, 1.82) is 0 Å². The van der Waals surface area contributed by atoms with Crippen molar-refractivity contribution in [3.8, 4) is 0 Å². The van der Waals surface area contributed by atoms with Crippen LogP contribution in [0.15, 0.2) is 22.7 Å². The van der Waals surface area contributed by atoms with Gasteiger partial charge in [-0.3, -0.25) is 9.69 Å².